The molecule has 5 heteroatoms. The van der Waals surface area contributed by atoms with E-state index in [0.717, 1.165) is 61.9 Å². The summed E-state index contributed by atoms with van der Waals surface area (Å²) in [6.07, 6.45) is 3.83. The molecule has 0 radical (unpaired) electrons. The summed E-state index contributed by atoms with van der Waals surface area (Å²) in [4.78, 5) is 14.4. The summed E-state index contributed by atoms with van der Waals surface area (Å²) in [5.41, 5.74) is 1.03. The number of benzene rings is 1. The summed E-state index contributed by atoms with van der Waals surface area (Å²) < 4.78 is 0. The van der Waals surface area contributed by atoms with E-state index >= 15 is 0 Å². The Morgan fingerprint density at radius 3 is 2.54 bits per heavy atom. The minimum Gasteiger partial charge on any atom is -0.356 e. The van der Waals surface area contributed by atoms with Gasteiger partial charge in [-0.25, -0.2) is 4.98 Å². The fraction of sp³-hybridized carbons (Fsp3) is 0.579. The van der Waals surface area contributed by atoms with E-state index in [1.54, 1.807) is 0 Å². The van der Waals surface area contributed by atoms with E-state index < -0.39 is 0 Å². The molecule has 1 aliphatic rings. The largest absolute Gasteiger partial charge is 0.356 e. The van der Waals surface area contributed by atoms with Gasteiger partial charge >= 0.3 is 0 Å². The quantitative estimate of drug-likeness (QED) is 0.844. The lowest BCUT2D eigenvalue weighted by atomic mass is 10.1. The van der Waals surface area contributed by atoms with Gasteiger partial charge in [0.25, 0.3) is 0 Å². The van der Waals surface area contributed by atoms with Gasteiger partial charge < -0.3 is 15.1 Å². The number of fused-ring (bicyclic) bond motifs is 1. The number of piperidine rings is 1. The second-order valence-electron chi connectivity index (χ2n) is 6.39. The van der Waals surface area contributed by atoms with Gasteiger partial charge in [-0.05, 0) is 44.5 Å². The molecule has 130 valence electrons. The van der Waals surface area contributed by atoms with Gasteiger partial charge in [-0.3, -0.25) is 0 Å². The van der Waals surface area contributed by atoms with Crippen molar-refractivity contribution in [1.29, 1.82) is 0 Å². The molecule has 1 fully saturated rings. The lowest BCUT2D eigenvalue weighted by Gasteiger charge is -2.29. The smallest absolute Gasteiger partial charge is 0.225 e. The number of aromatic nitrogens is 2. The molecule has 0 saturated carbocycles. The van der Waals surface area contributed by atoms with Crippen molar-refractivity contribution in [2.45, 2.75) is 33.1 Å². The molecule has 1 aliphatic heterocycles. The van der Waals surface area contributed by atoms with E-state index in [2.05, 4.69) is 53.2 Å². The molecule has 2 heterocycles. The first-order valence-corrected chi connectivity index (χ1v) is 9.29. The zero-order chi connectivity index (χ0) is 16.8. The molecule has 0 unspecified atom stereocenters. The Kier molecular flexibility index (Phi) is 5.86. The van der Waals surface area contributed by atoms with Crippen LogP contribution in [0.25, 0.3) is 10.9 Å². The van der Waals surface area contributed by atoms with Crippen molar-refractivity contribution in [2.24, 2.45) is 0 Å². The fourth-order valence-corrected chi connectivity index (χ4v) is 3.35. The highest BCUT2D eigenvalue weighted by atomic mass is 15.2. The molecular formula is C19H29N5. The first-order chi connectivity index (χ1) is 11.8. The summed E-state index contributed by atoms with van der Waals surface area (Å²) in [5.74, 6) is 1.84. The summed E-state index contributed by atoms with van der Waals surface area (Å²) in [6, 6.07) is 8.35. The molecule has 1 N–H and O–H groups in total. The monoisotopic (exact) mass is 327 g/mol. The van der Waals surface area contributed by atoms with Crippen molar-refractivity contribution >= 4 is 22.7 Å². The Hall–Kier alpha value is -1.88. The minimum atomic E-state index is 0.751. The number of likely N-dealkylation sites (N-methyl/N-ethyl adjacent to an activating group) is 1. The first-order valence-electron chi connectivity index (χ1n) is 9.29. The van der Waals surface area contributed by atoms with Crippen LogP contribution in [0.4, 0.5) is 11.8 Å². The van der Waals surface area contributed by atoms with Crippen molar-refractivity contribution in [3.05, 3.63) is 24.3 Å². The number of rotatable bonds is 7. The highest BCUT2D eigenvalue weighted by molar-refractivity contribution is 5.90. The van der Waals surface area contributed by atoms with Crippen LogP contribution in [0, 0.1) is 0 Å². The molecule has 24 heavy (non-hydrogen) atoms. The van der Waals surface area contributed by atoms with Crippen LogP contribution in [-0.4, -0.2) is 54.1 Å². The standard InChI is InChI=1S/C19H29N5/c1-3-23(4-2)15-12-20-19-21-17-11-7-6-10-16(17)18(22-19)24-13-8-5-9-14-24/h6-7,10-11H,3-5,8-9,12-15H2,1-2H3,(H,20,21,22). The van der Waals surface area contributed by atoms with Gasteiger partial charge in [-0.1, -0.05) is 26.0 Å². The van der Waals surface area contributed by atoms with Gasteiger partial charge in [0, 0.05) is 31.6 Å². The maximum absolute atomic E-state index is 4.86. The van der Waals surface area contributed by atoms with Crippen LogP contribution >= 0.6 is 0 Å². The van der Waals surface area contributed by atoms with E-state index in [4.69, 9.17) is 9.97 Å². The number of hydrogen-bond acceptors (Lipinski definition) is 5. The Morgan fingerprint density at radius 2 is 1.79 bits per heavy atom. The van der Waals surface area contributed by atoms with E-state index in [9.17, 15) is 0 Å². The molecule has 2 aromatic rings. The number of anilines is 2. The zero-order valence-electron chi connectivity index (χ0n) is 15.0. The molecule has 0 bridgehead atoms. The normalized spacial score (nSPS) is 15.2. The summed E-state index contributed by atoms with van der Waals surface area (Å²) in [5, 5.41) is 4.59. The van der Waals surface area contributed by atoms with Crippen molar-refractivity contribution in [3.8, 4) is 0 Å². The lowest BCUT2D eigenvalue weighted by molar-refractivity contribution is 0.316. The van der Waals surface area contributed by atoms with Gasteiger partial charge in [0.2, 0.25) is 5.95 Å². The van der Waals surface area contributed by atoms with Crippen LogP contribution in [0.15, 0.2) is 24.3 Å². The third-order valence-corrected chi connectivity index (χ3v) is 4.84. The molecular weight excluding hydrogens is 298 g/mol. The Balaban J connectivity index is 1.80. The Labute approximate surface area is 145 Å². The topological polar surface area (TPSA) is 44.3 Å². The zero-order valence-corrected chi connectivity index (χ0v) is 15.0. The summed E-state index contributed by atoms with van der Waals surface area (Å²) in [6.45, 7) is 10.6. The molecule has 0 amide bonds. The van der Waals surface area contributed by atoms with Gasteiger partial charge in [0.15, 0.2) is 0 Å². The molecule has 0 atom stereocenters. The SMILES string of the molecule is CCN(CC)CCNc1nc(N2CCCCC2)c2ccccc2n1. The molecule has 1 aromatic carbocycles. The average molecular weight is 327 g/mol. The van der Waals surface area contributed by atoms with Gasteiger partial charge in [-0.15, -0.1) is 0 Å². The van der Waals surface area contributed by atoms with Gasteiger partial charge in [0.05, 0.1) is 5.52 Å². The van der Waals surface area contributed by atoms with Crippen LogP contribution in [0.3, 0.4) is 0 Å². The van der Waals surface area contributed by atoms with E-state index in [1.807, 2.05) is 0 Å². The molecule has 1 aromatic heterocycles. The number of para-hydroxylation sites is 1. The summed E-state index contributed by atoms with van der Waals surface area (Å²) >= 11 is 0. The third-order valence-electron chi connectivity index (χ3n) is 4.84. The van der Waals surface area contributed by atoms with Crippen molar-refractivity contribution in [1.82, 2.24) is 14.9 Å². The molecule has 3 rings (SSSR count). The van der Waals surface area contributed by atoms with Gasteiger partial charge in [-0.2, -0.15) is 4.98 Å². The third kappa shape index (κ3) is 3.96. The Bertz CT molecular complexity index is 647. The van der Waals surface area contributed by atoms with Crippen molar-refractivity contribution < 1.29 is 0 Å². The van der Waals surface area contributed by atoms with Crippen LogP contribution in [0.5, 0.6) is 0 Å². The van der Waals surface area contributed by atoms with Crippen molar-refractivity contribution in [3.63, 3.8) is 0 Å². The second-order valence-corrected chi connectivity index (χ2v) is 6.39. The van der Waals surface area contributed by atoms with E-state index in [1.165, 1.54) is 19.3 Å². The van der Waals surface area contributed by atoms with Crippen molar-refractivity contribution in [2.75, 3.05) is 49.5 Å². The second kappa shape index (κ2) is 8.29. The first kappa shape index (κ1) is 17.0. The molecule has 0 aliphatic carbocycles. The lowest BCUT2D eigenvalue weighted by Crippen LogP contribution is -2.31. The van der Waals surface area contributed by atoms with Crippen LogP contribution < -0.4 is 10.2 Å². The maximum Gasteiger partial charge on any atom is 0.225 e. The van der Waals surface area contributed by atoms with E-state index in [-0.39, 0.29) is 0 Å². The predicted octanol–water partition coefficient (Wildman–Crippen LogP) is 3.37. The van der Waals surface area contributed by atoms with Gasteiger partial charge in [0.1, 0.15) is 5.82 Å². The molecule has 1 saturated heterocycles. The Morgan fingerprint density at radius 1 is 1.04 bits per heavy atom. The number of nitrogens with one attached hydrogen (secondary N) is 1. The van der Waals surface area contributed by atoms with Crippen LogP contribution in [0.2, 0.25) is 0 Å². The number of hydrogen-bond donors (Lipinski definition) is 1. The van der Waals surface area contributed by atoms with Crippen LogP contribution in [0.1, 0.15) is 33.1 Å². The highest BCUT2D eigenvalue weighted by Gasteiger charge is 2.16. The predicted molar refractivity (Wildman–Crippen MR) is 102 cm³/mol. The fourth-order valence-electron chi connectivity index (χ4n) is 3.35. The highest BCUT2D eigenvalue weighted by Crippen LogP contribution is 2.27. The molecule has 0 spiro atoms. The maximum atomic E-state index is 4.86. The summed E-state index contributed by atoms with van der Waals surface area (Å²) in [7, 11) is 0. The minimum absolute atomic E-state index is 0.751. The average Bonchev–Trinajstić information content (AvgIpc) is 2.65. The molecule has 5 nitrogen and oxygen atoms in total. The number of nitrogens with zero attached hydrogens (tertiary/aromatic N) is 4. The van der Waals surface area contributed by atoms with E-state index in [0.29, 0.717) is 0 Å². The van der Waals surface area contributed by atoms with Crippen LogP contribution in [-0.2, 0) is 0 Å².